The van der Waals surface area contributed by atoms with Crippen LogP contribution in [-0.4, -0.2) is 5.88 Å². The van der Waals surface area contributed by atoms with Crippen LogP contribution in [0.5, 0.6) is 0 Å². The molecule has 0 atom stereocenters. The zero-order valence-electron chi connectivity index (χ0n) is 6.89. The van der Waals surface area contributed by atoms with Crippen molar-refractivity contribution in [3.63, 3.8) is 0 Å². The van der Waals surface area contributed by atoms with Gasteiger partial charge in [-0.3, -0.25) is 0 Å². The van der Waals surface area contributed by atoms with Crippen LogP contribution in [0.1, 0.15) is 11.1 Å². The second-order valence-electron chi connectivity index (χ2n) is 2.53. The van der Waals surface area contributed by atoms with Crippen LogP contribution in [-0.2, 0) is 0 Å². The molecule has 0 heterocycles. The number of hydrogen-bond acceptors (Lipinski definition) is 1. The van der Waals surface area contributed by atoms with Gasteiger partial charge in [0, 0.05) is 11.3 Å². The number of nitrogen functional groups attached to an aromatic ring is 1. The average Bonchev–Trinajstić information content (AvgIpc) is 2.07. The van der Waals surface area contributed by atoms with Gasteiger partial charge in [0.15, 0.2) is 0 Å². The van der Waals surface area contributed by atoms with Crippen LogP contribution in [0, 0.1) is 18.8 Å². The van der Waals surface area contributed by atoms with E-state index < -0.39 is 0 Å². The Hall–Kier alpha value is -1.13. The molecule has 0 spiro atoms. The largest absolute Gasteiger partial charge is 0.398 e. The highest BCUT2D eigenvalue weighted by molar-refractivity contribution is 6.19. The molecule has 0 amide bonds. The molecule has 0 saturated carbocycles. The number of rotatable bonds is 0. The first-order valence-corrected chi connectivity index (χ1v) is 4.18. The van der Waals surface area contributed by atoms with E-state index in [1.54, 1.807) is 0 Å². The third-order valence-corrected chi connectivity index (χ3v) is 1.63. The summed E-state index contributed by atoms with van der Waals surface area (Å²) >= 11 is 5.43. The van der Waals surface area contributed by atoms with Gasteiger partial charge >= 0.3 is 0 Å². The predicted octanol–water partition coefficient (Wildman–Crippen LogP) is 2.17. The summed E-state index contributed by atoms with van der Waals surface area (Å²) in [6, 6.07) is 5.77. The van der Waals surface area contributed by atoms with Crippen LogP contribution < -0.4 is 5.73 Å². The summed E-state index contributed by atoms with van der Waals surface area (Å²) < 4.78 is 0. The van der Waals surface area contributed by atoms with Crippen molar-refractivity contribution < 1.29 is 0 Å². The molecule has 0 bridgehead atoms. The molecule has 0 radical (unpaired) electrons. The molecule has 1 rings (SSSR count). The Morgan fingerprint density at radius 3 is 2.92 bits per heavy atom. The molecule has 0 aromatic heterocycles. The van der Waals surface area contributed by atoms with E-state index in [1.165, 1.54) is 0 Å². The molecule has 0 fully saturated rings. The third kappa shape index (κ3) is 2.18. The SMILES string of the molecule is Cc1ccc(N)c(C#CCCl)c1. The summed E-state index contributed by atoms with van der Waals surface area (Å²) in [5.74, 6) is 6.01. The summed E-state index contributed by atoms with van der Waals surface area (Å²) in [7, 11) is 0. The molecule has 0 aliphatic carbocycles. The number of nitrogens with two attached hydrogens (primary N) is 1. The highest BCUT2D eigenvalue weighted by atomic mass is 35.5. The normalized spacial score (nSPS) is 8.83. The monoisotopic (exact) mass is 179 g/mol. The summed E-state index contributed by atoms with van der Waals surface area (Å²) in [5.41, 5.74) is 8.40. The first kappa shape index (κ1) is 8.96. The van der Waals surface area contributed by atoms with Crippen molar-refractivity contribution in [1.29, 1.82) is 0 Å². The first-order valence-electron chi connectivity index (χ1n) is 3.65. The van der Waals surface area contributed by atoms with Crippen LogP contribution >= 0.6 is 11.6 Å². The van der Waals surface area contributed by atoms with Gasteiger partial charge in [-0.25, -0.2) is 0 Å². The fourth-order valence-corrected chi connectivity index (χ4v) is 0.974. The quantitative estimate of drug-likeness (QED) is 0.369. The van der Waals surface area contributed by atoms with Crippen LogP contribution in [0.2, 0.25) is 0 Å². The Balaban J connectivity index is 3.05. The highest BCUT2D eigenvalue weighted by Crippen LogP contribution is 2.11. The predicted molar refractivity (Wildman–Crippen MR) is 53.2 cm³/mol. The molecule has 1 aromatic carbocycles. The maximum Gasteiger partial charge on any atom is 0.0839 e. The Kier molecular flexibility index (Phi) is 3.01. The average molecular weight is 180 g/mol. The molecule has 12 heavy (non-hydrogen) atoms. The van der Waals surface area contributed by atoms with Crippen LogP contribution in [0.3, 0.4) is 0 Å². The minimum atomic E-state index is 0.341. The van der Waals surface area contributed by atoms with Gasteiger partial charge in [0.25, 0.3) is 0 Å². The minimum Gasteiger partial charge on any atom is -0.398 e. The van der Waals surface area contributed by atoms with E-state index in [-0.39, 0.29) is 0 Å². The highest BCUT2D eigenvalue weighted by Gasteiger charge is 1.93. The zero-order valence-corrected chi connectivity index (χ0v) is 7.65. The Labute approximate surface area is 77.5 Å². The Bertz CT molecular complexity index is 333. The molecule has 0 aliphatic rings. The lowest BCUT2D eigenvalue weighted by Crippen LogP contribution is -1.90. The van der Waals surface area contributed by atoms with Gasteiger partial charge in [0.2, 0.25) is 0 Å². The topological polar surface area (TPSA) is 26.0 Å². The van der Waals surface area contributed by atoms with E-state index in [1.807, 2.05) is 25.1 Å². The second-order valence-corrected chi connectivity index (χ2v) is 2.79. The lowest BCUT2D eigenvalue weighted by molar-refractivity contribution is 1.45. The van der Waals surface area contributed by atoms with E-state index in [0.717, 1.165) is 11.1 Å². The molecule has 1 nitrogen and oxygen atoms in total. The number of benzene rings is 1. The molecule has 0 saturated heterocycles. The van der Waals surface area contributed by atoms with Gasteiger partial charge in [-0.05, 0) is 24.6 Å². The first-order chi connectivity index (χ1) is 5.74. The smallest absolute Gasteiger partial charge is 0.0839 e. The van der Waals surface area contributed by atoms with E-state index in [9.17, 15) is 0 Å². The number of anilines is 1. The van der Waals surface area contributed by atoms with Gasteiger partial charge in [-0.15, -0.1) is 11.6 Å². The number of hydrogen-bond donors (Lipinski definition) is 1. The van der Waals surface area contributed by atoms with E-state index in [2.05, 4.69) is 11.8 Å². The molecular weight excluding hydrogens is 170 g/mol. The van der Waals surface area contributed by atoms with Crippen molar-refractivity contribution >= 4 is 17.3 Å². The maximum atomic E-state index is 5.68. The van der Waals surface area contributed by atoms with Crippen molar-refractivity contribution in [2.75, 3.05) is 11.6 Å². The number of aryl methyl sites for hydroxylation is 1. The van der Waals surface area contributed by atoms with Crippen molar-refractivity contribution in [2.45, 2.75) is 6.92 Å². The van der Waals surface area contributed by atoms with E-state index >= 15 is 0 Å². The van der Waals surface area contributed by atoms with Gasteiger partial charge in [0.1, 0.15) is 0 Å². The fourth-order valence-electron chi connectivity index (χ4n) is 0.907. The van der Waals surface area contributed by atoms with Crippen LogP contribution in [0.25, 0.3) is 0 Å². The lowest BCUT2D eigenvalue weighted by Gasteiger charge is -1.98. The van der Waals surface area contributed by atoms with E-state index in [4.69, 9.17) is 17.3 Å². The summed E-state index contributed by atoms with van der Waals surface area (Å²) in [6.07, 6.45) is 0. The van der Waals surface area contributed by atoms with Gasteiger partial charge in [-0.2, -0.15) is 0 Å². The summed E-state index contributed by atoms with van der Waals surface area (Å²) in [4.78, 5) is 0. The molecule has 1 aromatic rings. The molecular formula is C10H10ClN. The van der Waals surface area contributed by atoms with Gasteiger partial charge < -0.3 is 5.73 Å². The van der Waals surface area contributed by atoms with Crippen LogP contribution in [0.4, 0.5) is 5.69 Å². The second kappa shape index (κ2) is 4.04. The van der Waals surface area contributed by atoms with Crippen molar-refractivity contribution in [1.82, 2.24) is 0 Å². The number of halogens is 1. The Morgan fingerprint density at radius 1 is 1.50 bits per heavy atom. The van der Waals surface area contributed by atoms with Crippen molar-refractivity contribution in [3.05, 3.63) is 29.3 Å². The molecule has 62 valence electrons. The van der Waals surface area contributed by atoms with Gasteiger partial charge in [-0.1, -0.05) is 17.9 Å². The minimum absolute atomic E-state index is 0.341. The lowest BCUT2D eigenvalue weighted by atomic mass is 10.1. The van der Waals surface area contributed by atoms with Crippen molar-refractivity contribution in [2.24, 2.45) is 0 Å². The molecule has 0 unspecified atom stereocenters. The fraction of sp³-hybridized carbons (Fsp3) is 0.200. The Morgan fingerprint density at radius 2 is 2.25 bits per heavy atom. The standard InChI is InChI=1S/C10H10ClN/c1-8-4-5-10(12)9(7-8)3-2-6-11/h4-5,7H,6,12H2,1H3. The van der Waals surface area contributed by atoms with Crippen LogP contribution in [0.15, 0.2) is 18.2 Å². The van der Waals surface area contributed by atoms with Gasteiger partial charge in [0.05, 0.1) is 5.88 Å². The molecule has 2 N–H and O–H groups in total. The summed E-state index contributed by atoms with van der Waals surface area (Å²) in [6.45, 7) is 2.01. The maximum absolute atomic E-state index is 5.68. The number of alkyl halides is 1. The zero-order chi connectivity index (χ0) is 8.97. The third-order valence-electron chi connectivity index (χ3n) is 1.50. The molecule has 0 aliphatic heterocycles. The molecule has 2 heteroatoms. The summed E-state index contributed by atoms with van der Waals surface area (Å²) in [5, 5.41) is 0. The van der Waals surface area contributed by atoms with Crippen molar-refractivity contribution in [3.8, 4) is 11.8 Å². The van der Waals surface area contributed by atoms with E-state index in [0.29, 0.717) is 11.6 Å².